The van der Waals surface area contributed by atoms with E-state index in [1.165, 1.54) is 49.9 Å². The van der Waals surface area contributed by atoms with E-state index in [1.54, 1.807) is 24.3 Å². The summed E-state index contributed by atoms with van der Waals surface area (Å²) in [7, 11) is 0. The van der Waals surface area contributed by atoms with Crippen molar-refractivity contribution in [1.82, 2.24) is 0 Å². The summed E-state index contributed by atoms with van der Waals surface area (Å²) in [6.45, 7) is 2.23. The number of hydrogen-bond acceptors (Lipinski definition) is 2. The third kappa shape index (κ3) is 8.18. The Kier molecular flexibility index (Phi) is 9.29. The quantitative estimate of drug-likeness (QED) is 0.421. The fourth-order valence-electron chi connectivity index (χ4n) is 2.28. The van der Waals surface area contributed by atoms with E-state index in [9.17, 15) is 7.67 Å². The summed E-state index contributed by atoms with van der Waals surface area (Å²) in [6.07, 6.45) is 12.9. The van der Waals surface area contributed by atoms with Gasteiger partial charge in [-0.25, -0.2) is 0 Å². The van der Waals surface area contributed by atoms with E-state index in [1.807, 2.05) is 12.1 Å². The van der Waals surface area contributed by atoms with E-state index in [2.05, 4.69) is 6.92 Å². The van der Waals surface area contributed by atoms with E-state index in [0.717, 1.165) is 12.8 Å². The topological polar surface area (TPSA) is 34.1 Å². The van der Waals surface area contributed by atoms with Crippen LogP contribution in [0.5, 0.6) is 0 Å². The summed E-state index contributed by atoms with van der Waals surface area (Å²) >= 11 is -4.04. The van der Waals surface area contributed by atoms with Crippen molar-refractivity contribution in [3.8, 4) is 0 Å². The molecular weight excluding hydrogens is 327 g/mol. The fraction of sp³-hybridized carbons (Fsp3) is 0.556. The maximum atomic E-state index is 12.1. The molecular formula is C18H28O2Se. The van der Waals surface area contributed by atoms with Gasteiger partial charge in [-0.3, -0.25) is 0 Å². The molecule has 2 nitrogen and oxygen atoms in total. The summed E-state index contributed by atoms with van der Waals surface area (Å²) in [5.41, 5.74) is 0. The van der Waals surface area contributed by atoms with Crippen LogP contribution in [0.4, 0.5) is 0 Å². The standard InChI is InChI=1S/C18H28O2Se/c1-2-3-4-5-6-7-8-9-10-14-17-21(19,20)18-15-12-11-13-16-18/h11-17H,2-10H2,1H3. The third-order valence-electron chi connectivity index (χ3n) is 3.57. The molecule has 118 valence electrons. The maximum absolute atomic E-state index is 12.1. The molecule has 0 radical (unpaired) electrons. The first-order valence-corrected chi connectivity index (χ1v) is 11.4. The summed E-state index contributed by atoms with van der Waals surface area (Å²) in [5.74, 6) is 0. The monoisotopic (exact) mass is 356 g/mol. The zero-order chi connectivity index (χ0) is 15.4. The second-order valence-electron chi connectivity index (χ2n) is 5.49. The van der Waals surface area contributed by atoms with Gasteiger partial charge in [-0.15, -0.1) is 0 Å². The molecule has 0 aliphatic heterocycles. The number of benzene rings is 1. The molecule has 0 spiro atoms. The van der Waals surface area contributed by atoms with Crippen LogP contribution in [0, 0.1) is 0 Å². The van der Waals surface area contributed by atoms with Crippen LogP contribution in [0.1, 0.15) is 64.7 Å². The van der Waals surface area contributed by atoms with Crippen LogP contribution < -0.4 is 4.46 Å². The molecule has 0 N–H and O–H groups in total. The van der Waals surface area contributed by atoms with Gasteiger partial charge in [0.2, 0.25) is 0 Å². The van der Waals surface area contributed by atoms with Crippen LogP contribution in [0.3, 0.4) is 0 Å². The van der Waals surface area contributed by atoms with Gasteiger partial charge >= 0.3 is 131 Å². The zero-order valence-electron chi connectivity index (χ0n) is 13.1. The molecule has 0 amide bonds. The van der Waals surface area contributed by atoms with Gasteiger partial charge in [0.25, 0.3) is 0 Å². The molecule has 1 aromatic carbocycles. The molecule has 0 fully saturated rings. The number of allylic oxidation sites excluding steroid dienone is 1. The third-order valence-corrected chi connectivity index (χ3v) is 6.68. The van der Waals surface area contributed by atoms with E-state index >= 15 is 0 Å². The zero-order valence-corrected chi connectivity index (χ0v) is 14.8. The van der Waals surface area contributed by atoms with Crippen LogP contribution in [-0.2, 0) is 7.67 Å². The molecule has 3 heteroatoms. The normalized spacial score (nSPS) is 12.0. The Hall–Kier alpha value is -0.921. The Morgan fingerprint density at radius 2 is 1.43 bits per heavy atom. The van der Waals surface area contributed by atoms with Gasteiger partial charge < -0.3 is 0 Å². The molecule has 0 bridgehead atoms. The van der Waals surface area contributed by atoms with Gasteiger partial charge in [-0.05, 0) is 0 Å². The van der Waals surface area contributed by atoms with E-state index < -0.39 is 12.7 Å². The number of hydrogen-bond donors (Lipinski definition) is 0. The predicted octanol–water partition coefficient (Wildman–Crippen LogP) is 4.82. The van der Waals surface area contributed by atoms with Crippen LogP contribution in [0.15, 0.2) is 41.4 Å². The molecule has 21 heavy (non-hydrogen) atoms. The van der Waals surface area contributed by atoms with Gasteiger partial charge in [0.1, 0.15) is 0 Å². The van der Waals surface area contributed by atoms with Crippen molar-refractivity contribution in [2.75, 3.05) is 0 Å². The summed E-state index contributed by atoms with van der Waals surface area (Å²) in [5, 5.41) is 0. The molecule has 0 saturated carbocycles. The van der Waals surface area contributed by atoms with Gasteiger partial charge in [0, 0.05) is 0 Å². The molecule has 0 aromatic heterocycles. The molecule has 1 rings (SSSR count). The van der Waals surface area contributed by atoms with E-state index in [-0.39, 0.29) is 0 Å². The average Bonchev–Trinajstić information content (AvgIpc) is 2.50. The van der Waals surface area contributed by atoms with Crippen molar-refractivity contribution in [2.45, 2.75) is 64.7 Å². The Morgan fingerprint density at radius 3 is 2.05 bits per heavy atom. The van der Waals surface area contributed by atoms with Gasteiger partial charge in [0.05, 0.1) is 0 Å². The first-order valence-electron chi connectivity index (χ1n) is 8.13. The molecule has 0 aliphatic rings. The molecule has 0 aliphatic carbocycles. The second kappa shape index (κ2) is 10.8. The van der Waals surface area contributed by atoms with Gasteiger partial charge in [0.15, 0.2) is 0 Å². The SMILES string of the molecule is CCCCCCCCCCC=C[Se](=O)(=O)c1ccccc1. The Labute approximate surface area is 131 Å². The van der Waals surface area contributed by atoms with Crippen molar-refractivity contribution in [3.05, 3.63) is 41.4 Å². The van der Waals surface area contributed by atoms with Crippen LogP contribution in [-0.4, -0.2) is 12.7 Å². The van der Waals surface area contributed by atoms with Crippen LogP contribution >= 0.6 is 0 Å². The molecule has 1 aromatic rings. The molecule has 0 unspecified atom stereocenters. The first kappa shape index (κ1) is 18.1. The Bertz CT molecular complexity index is 489. The average molecular weight is 355 g/mol. The van der Waals surface area contributed by atoms with Gasteiger partial charge in [-0.1, -0.05) is 0 Å². The minimum atomic E-state index is -4.04. The van der Waals surface area contributed by atoms with E-state index in [4.69, 9.17) is 0 Å². The Balaban J connectivity index is 2.15. The number of unbranched alkanes of at least 4 members (excludes halogenated alkanes) is 8. The van der Waals surface area contributed by atoms with Crippen molar-refractivity contribution in [1.29, 1.82) is 0 Å². The summed E-state index contributed by atoms with van der Waals surface area (Å²) < 4.78 is 24.6. The van der Waals surface area contributed by atoms with Crippen molar-refractivity contribution >= 4 is 17.2 Å². The van der Waals surface area contributed by atoms with Crippen molar-refractivity contribution in [2.24, 2.45) is 0 Å². The molecule has 0 heterocycles. The second-order valence-corrected chi connectivity index (χ2v) is 9.34. The molecule has 0 atom stereocenters. The fourth-order valence-corrected chi connectivity index (χ4v) is 4.55. The van der Waals surface area contributed by atoms with E-state index in [0.29, 0.717) is 4.46 Å². The van der Waals surface area contributed by atoms with Crippen LogP contribution in [0.25, 0.3) is 0 Å². The number of rotatable bonds is 11. The minimum absolute atomic E-state index is 0.445. The van der Waals surface area contributed by atoms with Crippen molar-refractivity contribution in [3.63, 3.8) is 0 Å². The van der Waals surface area contributed by atoms with Crippen LogP contribution in [0.2, 0.25) is 0 Å². The summed E-state index contributed by atoms with van der Waals surface area (Å²) in [6, 6.07) is 8.70. The van der Waals surface area contributed by atoms with Gasteiger partial charge in [-0.2, -0.15) is 0 Å². The summed E-state index contributed by atoms with van der Waals surface area (Å²) in [4.78, 5) is 1.42. The molecule has 0 saturated heterocycles. The predicted molar refractivity (Wildman–Crippen MR) is 89.6 cm³/mol. The van der Waals surface area contributed by atoms with Crippen molar-refractivity contribution < 1.29 is 7.67 Å². The first-order chi connectivity index (χ1) is 10.2. The Morgan fingerprint density at radius 1 is 0.857 bits per heavy atom.